The van der Waals surface area contributed by atoms with E-state index < -0.39 is 12.2 Å². The fraction of sp³-hybridized carbons (Fsp3) is 0.571. The number of aromatic nitrogens is 3. The molecule has 1 saturated heterocycles. The zero-order valence-corrected chi connectivity index (χ0v) is 7.29. The Morgan fingerprint density at radius 3 is 2.64 bits per heavy atom. The Morgan fingerprint density at radius 2 is 2.14 bits per heavy atom. The van der Waals surface area contributed by atoms with Gasteiger partial charge in [-0.2, -0.15) is 15.4 Å². The molecular weight excluding hydrogens is 188 g/mol. The molecule has 7 nitrogen and oxygen atoms in total. The van der Waals surface area contributed by atoms with Crippen LogP contribution in [-0.4, -0.2) is 61.7 Å². The summed E-state index contributed by atoms with van der Waals surface area (Å²) in [5, 5.41) is 27.9. The zero-order valence-electron chi connectivity index (χ0n) is 7.29. The van der Waals surface area contributed by atoms with Crippen LogP contribution in [0.4, 0.5) is 0 Å². The van der Waals surface area contributed by atoms with Crippen LogP contribution >= 0.6 is 0 Å². The summed E-state index contributed by atoms with van der Waals surface area (Å²) in [7, 11) is 0. The van der Waals surface area contributed by atoms with Crippen molar-refractivity contribution in [3.63, 3.8) is 0 Å². The molecule has 1 amide bonds. The molecule has 0 spiro atoms. The Labute approximate surface area is 79.3 Å². The zero-order chi connectivity index (χ0) is 10.1. The van der Waals surface area contributed by atoms with Gasteiger partial charge in [-0.05, 0) is 0 Å². The van der Waals surface area contributed by atoms with Crippen LogP contribution in [0.1, 0.15) is 10.5 Å². The number of aromatic amines is 1. The van der Waals surface area contributed by atoms with E-state index in [-0.39, 0.29) is 24.7 Å². The van der Waals surface area contributed by atoms with E-state index in [2.05, 4.69) is 15.4 Å². The summed E-state index contributed by atoms with van der Waals surface area (Å²) < 4.78 is 0. The summed E-state index contributed by atoms with van der Waals surface area (Å²) in [5.74, 6) is -0.339. The maximum absolute atomic E-state index is 11.6. The van der Waals surface area contributed by atoms with Gasteiger partial charge in [0.25, 0.3) is 5.91 Å². The molecule has 7 heteroatoms. The Morgan fingerprint density at radius 1 is 1.50 bits per heavy atom. The Kier molecular flexibility index (Phi) is 2.18. The van der Waals surface area contributed by atoms with Gasteiger partial charge in [-0.3, -0.25) is 4.79 Å². The molecule has 0 unspecified atom stereocenters. The number of H-pyrrole nitrogens is 1. The summed E-state index contributed by atoms with van der Waals surface area (Å²) in [6, 6.07) is 0. The molecule has 1 aliphatic rings. The second-order valence-electron chi connectivity index (χ2n) is 3.20. The molecule has 0 aromatic carbocycles. The minimum Gasteiger partial charge on any atom is -0.388 e. The van der Waals surface area contributed by atoms with E-state index in [9.17, 15) is 15.0 Å². The van der Waals surface area contributed by atoms with Crippen molar-refractivity contribution in [2.75, 3.05) is 13.1 Å². The van der Waals surface area contributed by atoms with Crippen molar-refractivity contribution in [2.24, 2.45) is 0 Å². The lowest BCUT2D eigenvalue weighted by Gasteiger charge is -2.12. The van der Waals surface area contributed by atoms with Crippen molar-refractivity contribution in [3.05, 3.63) is 11.9 Å². The number of β-amino-alcohol motifs (C(OH)–C–C–N with tert-alkyl or cyclic N) is 2. The fourth-order valence-corrected chi connectivity index (χ4v) is 1.40. The minimum atomic E-state index is -0.870. The van der Waals surface area contributed by atoms with Crippen LogP contribution in [0.5, 0.6) is 0 Å². The molecule has 0 bridgehead atoms. The molecule has 0 aliphatic carbocycles. The molecule has 2 rings (SSSR count). The predicted octanol–water partition coefficient (Wildman–Crippen LogP) is -2.02. The van der Waals surface area contributed by atoms with Crippen molar-refractivity contribution in [1.82, 2.24) is 20.3 Å². The van der Waals surface area contributed by atoms with Gasteiger partial charge in [-0.25, -0.2) is 0 Å². The van der Waals surface area contributed by atoms with Crippen LogP contribution in [0, 0.1) is 0 Å². The molecule has 1 fully saturated rings. The van der Waals surface area contributed by atoms with E-state index in [1.807, 2.05) is 0 Å². The first-order valence-corrected chi connectivity index (χ1v) is 4.19. The van der Waals surface area contributed by atoms with Crippen molar-refractivity contribution in [3.8, 4) is 0 Å². The van der Waals surface area contributed by atoms with Crippen molar-refractivity contribution < 1.29 is 15.0 Å². The monoisotopic (exact) mass is 198 g/mol. The van der Waals surface area contributed by atoms with Gasteiger partial charge in [0.15, 0.2) is 5.69 Å². The molecular formula is C7H10N4O3. The first-order chi connectivity index (χ1) is 6.68. The molecule has 76 valence electrons. The second kappa shape index (κ2) is 3.35. The van der Waals surface area contributed by atoms with E-state index in [0.29, 0.717) is 0 Å². The van der Waals surface area contributed by atoms with E-state index in [4.69, 9.17) is 0 Å². The lowest BCUT2D eigenvalue weighted by molar-refractivity contribution is 0.0572. The first-order valence-electron chi connectivity index (χ1n) is 4.19. The average Bonchev–Trinajstić information content (AvgIpc) is 2.76. The summed E-state index contributed by atoms with van der Waals surface area (Å²) in [4.78, 5) is 12.9. The normalized spacial score (nSPS) is 26.9. The third-order valence-corrected chi connectivity index (χ3v) is 2.18. The van der Waals surface area contributed by atoms with Crippen molar-refractivity contribution in [1.29, 1.82) is 0 Å². The maximum atomic E-state index is 11.6. The van der Waals surface area contributed by atoms with Crippen LogP contribution in [0.3, 0.4) is 0 Å². The number of likely N-dealkylation sites (tertiary alicyclic amines) is 1. The van der Waals surface area contributed by atoms with Crippen molar-refractivity contribution in [2.45, 2.75) is 12.2 Å². The Balaban J connectivity index is 2.07. The Bertz CT molecular complexity index is 316. The molecule has 1 aromatic rings. The summed E-state index contributed by atoms with van der Waals surface area (Å²) >= 11 is 0. The third-order valence-electron chi connectivity index (χ3n) is 2.18. The number of hydrogen-bond acceptors (Lipinski definition) is 5. The van der Waals surface area contributed by atoms with E-state index in [1.165, 1.54) is 11.1 Å². The van der Waals surface area contributed by atoms with Gasteiger partial charge >= 0.3 is 0 Å². The van der Waals surface area contributed by atoms with Crippen LogP contribution in [-0.2, 0) is 0 Å². The fourth-order valence-electron chi connectivity index (χ4n) is 1.40. The number of aliphatic hydroxyl groups is 2. The lowest BCUT2D eigenvalue weighted by atomic mass is 10.3. The SMILES string of the molecule is O=C(c1cn[nH]n1)N1C[C@@H](O)[C@@H](O)C1. The number of aliphatic hydroxyl groups excluding tert-OH is 2. The first kappa shape index (κ1) is 9.10. The van der Waals surface area contributed by atoms with Gasteiger partial charge in [-0.1, -0.05) is 0 Å². The summed E-state index contributed by atoms with van der Waals surface area (Å²) in [5.41, 5.74) is 0.186. The van der Waals surface area contributed by atoms with E-state index in [1.54, 1.807) is 0 Å². The molecule has 1 aliphatic heterocycles. The number of hydrogen-bond donors (Lipinski definition) is 3. The molecule has 1 aromatic heterocycles. The number of amides is 1. The summed E-state index contributed by atoms with van der Waals surface area (Å²) in [6.45, 7) is 0.264. The number of carbonyl (C=O) groups excluding carboxylic acids is 1. The average molecular weight is 198 g/mol. The van der Waals surface area contributed by atoms with Crippen LogP contribution < -0.4 is 0 Å². The number of rotatable bonds is 1. The van der Waals surface area contributed by atoms with Crippen molar-refractivity contribution >= 4 is 5.91 Å². The van der Waals surface area contributed by atoms with Crippen LogP contribution in [0.15, 0.2) is 6.20 Å². The van der Waals surface area contributed by atoms with Gasteiger partial charge in [0, 0.05) is 13.1 Å². The van der Waals surface area contributed by atoms with Gasteiger partial charge in [0.1, 0.15) is 0 Å². The van der Waals surface area contributed by atoms with Crippen LogP contribution in [0.25, 0.3) is 0 Å². The molecule has 14 heavy (non-hydrogen) atoms. The predicted molar refractivity (Wildman–Crippen MR) is 44.3 cm³/mol. The molecule has 0 saturated carbocycles. The van der Waals surface area contributed by atoms with E-state index >= 15 is 0 Å². The molecule has 2 atom stereocenters. The largest absolute Gasteiger partial charge is 0.388 e. The van der Waals surface area contributed by atoms with Crippen LogP contribution in [0.2, 0.25) is 0 Å². The lowest BCUT2D eigenvalue weighted by Crippen LogP contribution is -2.30. The van der Waals surface area contributed by atoms with Gasteiger partial charge in [-0.15, -0.1) is 0 Å². The number of nitrogens with one attached hydrogen (secondary N) is 1. The second-order valence-corrected chi connectivity index (χ2v) is 3.20. The smallest absolute Gasteiger partial charge is 0.276 e. The third kappa shape index (κ3) is 1.47. The maximum Gasteiger partial charge on any atom is 0.276 e. The highest BCUT2D eigenvalue weighted by Gasteiger charge is 2.33. The molecule has 3 N–H and O–H groups in total. The minimum absolute atomic E-state index is 0.132. The highest BCUT2D eigenvalue weighted by Crippen LogP contribution is 2.12. The molecule has 2 heterocycles. The van der Waals surface area contributed by atoms with Gasteiger partial charge in [0.05, 0.1) is 18.4 Å². The van der Waals surface area contributed by atoms with Gasteiger partial charge < -0.3 is 15.1 Å². The van der Waals surface area contributed by atoms with Gasteiger partial charge in [0.2, 0.25) is 0 Å². The standard InChI is InChI=1S/C7H10N4O3/c12-5-2-11(3-6(5)13)7(14)4-1-8-10-9-4/h1,5-6,12-13H,2-3H2,(H,8,9,10)/t5-,6+. The number of carbonyl (C=O) groups is 1. The Hall–Kier alpha value is -1.47. The quantitative estimate of drug-likeness (QED) is 0.483. The van der Waals surface area contributed by atoms with E-state index in [0.717, 1.165) is 0 Å². The number of nitrogens with zero attached hydrogens (tertiary/aromatic N) is 3. The highest BCUT2D eigenvalue weighted by molar-refractivity contribution is 5.92. The summed E-state index contributed by atoms with van der Waals surface area (Å²) in [6.07, 6.45) is -0.434. The highest BCUT2D eigenvalue weighted by atomic mass is 16.3. The topological polar surface area (TPSA) is 102 Å². The molecule has 0 radical (unpaired) electrons.